The summed E-state index contributed by atoms with van der Waals surface area (Å²) in [5.41, 5.74) is 3.11. The van der Waals surface area contributed by atoms with Gasteiger partial charge in [0.05, 0.1) is 0 Å². The van der Waals surface area contributed by atoms with Crippen LogP contribution in [0.4, 0.5) is 4.39 Å². The largest absolute Gasteiger partial charge is 0.484 e. The molecule has 1 aliphatic rings. The van der Waals surface area contributed by atoms with E-state index in [1.54, 1.807) is 0 Å². The van der Waals surface area contributed by atoms with Crippen molar-refractivity contribution >= 4 is 12.2 Å². The van der Waals surface area contributed by atoms with Gasteiger partial charge in [0.15, 0.2) is 12.9 Å². The number of amides is 1. The van der Waals surface area contributed by atoms with Gasteiger partial charge in [0.1, 0.15) is 11.6 Å². The molecule has 1 fully saturated rings. The lowest BCUT2D eigenvalue weighted by atomic mass is 9.76. The Bertz CT molecular complexity index is 1050. The summed E-state index contributed by atoms with van der Waals surface area (Å²) in [5.74, 6) is 0.324. The smallest absolute Gasteiger partial charge is 0.260 e. The van der Waals surface area contributed by atoms with Crippen molar-refractivity contribution in [3.05, 3.63) is 64.5 Å². The van der Waals surface area contributed by atoms with Crippen molar-refractivity contribution in [1.82, 2.24) is 9.80 Å². The molecule has 2 aromatic carbocycles. The van der Waals surface area contributed by atoms with E-state index in [1.165, 1.54) is 12.1 Å². The fourth-order valence-electron chi connectivity index (χ4n) is 4.90. The number of ether oxygens (including phenoxy) is 1. The van der Waals surface area contributed by atoms with Gasteiger partial charge in [-0.1, -0.05) is 53.7 Å². The predicted molar refractivity (Wildman–Crippen MR) is 142 cm³/mol. The van der Waals surface area contributed by atoms with E-state index in [4.69, 9.17) is 4.74 Å². The summed E-state index contributed by atoms with van der Waals surface area (Å²) in [5, 5.41) is 0. The molecule has 0 aliphatic carbocycles. The van der Waals surface area contributed by atoms with E-state index in [1.807, 2.05) is 29.2 Å². The first-order chi connectivity index (χ1) is 16.7. The Labute approximate surface area is 215 Å². The maximum absolute atomic E-state index is 13.3. The van der Waals surface area contributed by atoms with Crippen molar-refractivity contribution < 1.29 is 18.7 Å². The lowest BCUT2D eigenvalue weighted by molar-refractivity contribution is -0.139. The highest BCUT2D eigenvalue weighted by Crippen LogP contribution is 2.36. The maximum atomic E-state index is 13.3. The van der Waals surface area contributed by atoms with Crippen LogP contribution in [0.25, 0.3) is 0 Å². The quantitative estimate of drug-likeness (QED) is 0.479. The molecule has 1 amide bonds. The molecule has 0 N–H and O–H groups in total. The molecule has 6 heteroatoms. The first-order valence-electron chi connectivity index (χ1n) is 12.8. The van der Waals surface area contributed by atoms with Crippen LogP contribution in [0.5, 0.6) is 5.75 Å². The molecule has 5 nitrogen and oxygen atoms in total. The van der Waals surface area contributed by atoms with Crippen molar-refractivity contribution in [2.75, 3.05) is 19.7 Å². The number of rotatable bonds is 6. The molecule has 2 aromatic rings. The molecular weight excluding hydrogens is 455 g/mol. The van der Waals surface area contributed by atoms with E-state index in [-0.39, 0.29) is 41.2 Å². The summed E-state index contributed by atoms with van der Waals surface area (Å²) in [6, 6.07) is 10.6. The number of halogens is 1. The molecule has 2 atom stereocenters. The molecule has 0 unspecified atom stereocenters. The molecule has 1 saturated heterocycles. The second-order valence-corrected chi connectivity index (χ2v) is 12.1. The zero-order valence-electron chi connectivity index (χ0n) is 23.0. The first-order valence-corrected chi connectivity index (χ1v) is 12.8. The second-order valence-electron chi connectivity index (χ2n) is 12.1. The van der Waals surface area contributed by atoms with Crippen LogP contribution in [0.3, 0.4) is 0 Å². The van der Waals surface area contributed by atoms with Crippen LogP contribution in [-0.4, -0.2) is 53.8 Å². The van der Waals surface area contributed by atoms with Gasteiger partial charge in [-0.05, 0) is 65.6 Å². The highest BCUT2D eigenvalue weighted by molar-refractivity contribution is 5.82. The monoisotopic (exact) mass is 496 g/mol. The van der Waals surface area contributed by atoms with Gasteiger partial charge in [-0.25, -0.2) is 4.39 Å². The standard InChI is InChI=1S/C30H41FN2O3/c1-20-16-33(21(2)15-32(20)17-22-9-11-23(31)12-10-22)28(35)19-36-24-13-26(29(3,4)5)25(18-34)27(14-24)30(6,7)8/h9-14,18,20-21H,15-17,19H2,1-8H3/t20-,21+/m0/s1. The summed E-state index contributed by atoms with van der Waals surface area (Å²) in [6.45, 7) is 18.6. The van der Waals surface area contributed by atoms with Crippen molar-refractivity contribution in [2.24, 2.45) is 0 Å². The van der Waals surface area contributed by atoms with Crippen LogP contribution in [0.15, 0.2) is 36.4 Å². The summed E-state index contributed by atoms with van der Waals surface area (Å²) >= 11 is 0. The second kappa shape index (κ2) is 10.7. The van der Waals surface area contributed by atoms with Crippen molar-refractivity contribution in [3.63, 3.8) is 0 Å². The lowest BCUT2D eigenvalue weighted by Crippen LogP contribution is -2.58. The third-order valence-corrected chi connectivity index (χ3v) is 6.98. The van der Waals surface area contributed by atoms with Gasteiger partial charge in [-0.3, -0.25) is 14.5 Å². The minimum absolute atomic E-state index is 0.0328. The Morgan fingerprint density at radius 2 is 1.53 bits per heavy atom. The zero-order chi connectivity index (χ0) is 26.8. The van der Waals surface area contributed by atoms with Gasteiger partial charge in [-0.2, -0.15) is 0 Å². The Balaban J connectivity index is 1.72. The fourth-order valence-corrected chi connectivity index (χ4v) is 4.90. The average molecular weight is 497 g/mol. The minimum Gasteiger partial charge on any atom is -0.484 e. The van der Waals surface area contributed by atoms with E-state index in [0.717, 1.165) is 36.1 Å². The molecule has 3 rings (SSSR count). The van der Waals surface area contributed by atoms with Crippen LogP contribution in [0.2, 0.25) is 0 Å². The van der Waals surface area contributed by atoms with Gasteiger partial charge >= 0.3 is 0 Å². The van der Waals surface area contributed by atoms with E-state index < -0.39 is 0 Å². The van der Waals surface area contributed by atoms with E-state index in [0.29, 0.717) is 17.9 Å². The number of carbonyl (C=O) groups excluding carboxylic acids is 2. The van der Waals surface area contributed by atoms with Crippen LogP contribution in [-0.2, 0) is 22.2 Å². The van der Waals surface area contributed by atoms with Crippen molar-refractivity contribution in [2.45, 2.75) is 84.8 Å². The molecule has 0 aromatic heterocycles. The number of benzene rings is 2. The highest BCUT2D eigenvalue weighted by atomic mass is 19.1. The Morgan fingerprint density at radius 1 is 0.972 bits per heavy atom. The topological polar surface area (TPSA) is 49.9 Å². The third-order valence-electron chi connectivity index (χ3n) is 6.98. The van der Waals surface area contributed by atoms with E-state index in [2.05, 4.69) is 60.3 Å². The average Bonchev–Trinajstić information content (AvgIpc) is 2.79. The van der Waals surface area contributed by atoms with E-state index in [9.17, 15) is 14.0 Å². The molecule has 0 bridgehead atoms. The third kappa shape index (κ3) is 6.52. The van der Waals surface area contributed by atoms with Gasteiger partial charge in [0.25, 0.3) is 5.91 Å². The minimum atomic E-state index is -0.246. The molecule has 1 aliphatic heterocycles. The van der Waals surface area contributed by atoms with Gasteiger partial charge in [0, 0.05) is 37.3 Å². The van der Waals surface area contributed by atoms with Gasteiger partial charge < -0.3 is 9.64 Å². The number of nitrogens with zero attached hydrogens (tertiary/aromatic N) is 2. The SMILES string of the molecule is C[C@@H]1CN(Cc2ccc(F)cc2)[C@@H](C)CN1C(=O)COc1cc(C(C)(C)C)c(C=O)c(C(C)(C)C)c1. The summed E-state index contributed by atoms with van der Waals surface area (Å²) in [6.07, 6.45) is 0.935. The van der Waals surface area contributed by atoms with Crippen molar-refractivity contribution in [1.29, 1.82) is 0 Å². The molecule has 0 saturated carbocycles. The van der Waals surface area contributed by atoms with E-state index >= 15 is 0 Å². The number of piperazine rings is 1. The Morgan fingerprint density at radius 3 is 2.03 bits per heavy atom. The predicted octanol–water partition coefficient (Wildman–Crippen LogP) is 5.73. The summed E-state index contributed by atoms with van der Waals surface area (Å²) in [4.78, 5) is 29.4. The van der Waals surface area contributed by atoms with Gasteiger partial charge in [0.2, 0.25) is 0 Å². The molecule has 36 heavy (non-hydrogen) atoms. The van der Waals surface area contributed by atoms with Crippen molar-refractivity contribution in [3.8, 4) is 5.75 Å². The highest BCUT2D eigenvalue weighted by Gasteiger charge is 2.32. The van der Waals surface area contributed by atoms with Gasteiger partial charge in [-0.15, -0.1) is 0 Å². The summed E-state index contributed by atoms with van der Waals surface area (Å²) in [7, 11) is 0. The first kappa shape index (κ1) is 27.9. The van der Waals surface area contributed by atoms with Crippen LogP contribution in [0, 0.1) is 5.82 Å². The number of hydrogen-bond acceptors (Lipinski definition) is 4. The normalized spacial score (nSPS) is 19.3. The molecule has 1 heterocycles. The summed E-state index contributed by atoms with van der Waals surface area (Å²) < 4.78 is 19.3. The number of carbonyl (C=O) groups is 2. The van der Waals surface area contributed by atoms with Crippen LogP contribution < -0.4 is 4.74 Å². The van der Waals surface area contributed by atoms with Crippen LogP contribution >= 0.6 is 0 Å². The number of aldehydes is 1. The molecule has 196 valence electrons. The number of hydrogen-bond donors (Lipinski definition) is 0. The molecular formula is C30H41FN2O3. The molecule has 0 radical (unpaired) electrons. The molecule has 0 spiro atoms. The lowest BCUT2D eigenvalue weighted by Gasteiger charge is -2.44. The zero-order valence-corrected chi connectivity index (χ0v) is 23.0. The fraction of sp³-hybridized carbons (Fsp3) is 0.533. The Kier molecular flexibility index (Phi) is 8.29. The van der Waals surface area contributed by atoms with Crippen LogP contribution in [0.1, 0.15) is 82.4 Å². The Hall–Kier alpha value is -2.73. The maximum Gasteiger partial charge on any atom is 0.260 e.